The molecule has 14 heteroatoms. The molecule has 4 N–H and O–H groups in total. The molecule has 9 rings (SSSR count). The molecule has 6 atom stereocenters. The van der Waals surface area contributed by atoms with E-state index in [0.717, 1.165) is 84.4 Å². The molecule has 3 aliphatic rings. The molecule has 1 aliphatic carbocycles. The van der Waals surface area contributed by atoms with Gasteiger partial charge >= 0.3 is 12.2 Å². The zero-order valence-corrected chi connectivity index (χ0v) is 35.9. The van der Waals surface area contributed by atoms with E-state index in [9.17, 15) is 19.2 Å². The third kappa shape index (κ3) is 8.59. The Hall–Kier alpha value is -7.22. The highest BCUT2D eigenvalue weighted by molar-refractivity contribution is 5.88. The Bertz CT molecular complexity index is 2580. The Morgan fingerprint density at radius 2 is 1.08 bits per heavy atom. The maximum atomic E-state index is 14.6. The predicted molar refractivity (Wildman–Crippen MR) is 240 cm³/mol. The molecule has 4 amide bonds. The van der Waals surface area contributed by atoms with Gasteiger partial charge in [-0.2, -0.15) is 0 Å². The van der Waals surface area contributed by atoms with Gasteiger partial charge in [-0.25, -0.2) is 19.6 Å². The predicted octanol–water partition coefficient (Wildman–Crippen LogP) is 8.82. The molecule has 0 bridgehead atoms. The number of nitrogens with one attached hydrogen (secondary N) is 4. The van der Waals surface area contributed by atoms with Crippen molar-refractivity contribution < 1.29 is 28.7 Å². The quantitative estimate of drug-likeness (QED) is 0.1000. The van der Waals surface area contributed by atoms with E-state index in [1.165, 1.54) is 14.2 Å². The number of carbonyl (C=O) groups excluding carboxylic acids is 4. The van der Waals surface area contributed by atoms with Crippen molar-refractivity contribution in [3.63, 3.8) is 0 Å². The lowest BCUT2D eigenvalue weighted by Gasteiger charge is -2.36. The van der Waals surface area contributed by atoms with E-state index < -0.39 is 24.3 Å². The van der Waals surface area contributed by atoms with E-state index in [1.807, 2.05) is 71.8 Å². The first-order chi connectivity index (χ1) is 31.3. The molecule has 0 radical (unpaired) electrons. The molecule has 2 saturated heterocycles. The SMILES string of the molecule is COC(=O)N[C@@H](C(=O)N1CCCC1c1ncc(-c2ccc(-c3ccc(-c4cnc([C@@H]5CC6CCCCC6N5C(=O)[C@H](NC(=O)OC)c5ccccc5)[nH]4)cc3)cc2)[nH]1)c1ccccc1. The number of alkyl carbamates (subject to hydrolysis) is 2. The number of fused-ring (bicyclic) bond motifs is 1. The second kappa shape index (κ2) is 18.6. The van der Waals surface area contributed by atoms with Crippen molar-refractivity contribution in [1.82, 2.24) is 40.4 Å². The molecule has 64 heavy (non-hydrogen) atoms. The molecule has 328 valence electrons. The largest absolute Gasteiger partial charge is 0.453 e. The summed E-state index contributed by atoms with van der Waals surface area (Å²) in [6.07, 6.45) is 8.85. The molecule has 6 aromatic rings. The Balaban J connectivity index is 0.887. The van der Waals surface area contributed by atoms with Gasteiger partial charge in [-0.1, -0.05) is 122 Å². The molecule has 4 aromatic carbocycles. The summed E-state index contributed by atoms with van der Waals surface area (Å²) in [6.45, 7) is 0.551. The number of aromatic nitrogens is 4. The highest BCUT2D eigenvalue weighted by atomic mass is 16.5. The van der Waals surface area contributed by atoms with Gasteiger partial charge in [0.2, 0.25) is 0 Å². The maximum Gasteiger partial charge on any atom is 0.407 e. The van der Waals surface area contributed by atoms with Gasteiger partial charge in [0.1, 0.15) is 23.7 Å². The van der Waals surface area contributed by atoms with Crippen LogP contribution in [0.3, 0.4) is 0 Å². The fourth-order valence-corrected chi connectivity index (χ4v) is 9.86. The van der Waals surface area contributed by atoms with E-state index in [4.69, 9.17) is 19.4 Å². The molecular formula is C50H52N8O6. The Labute approximate surface area is 371 Å². The summed E-state index contributed by atoms with van der Waals surface area (Å²) >= 11 is 0. The zero-order valence-electron chi connectivity index (χ0n) is 35.9. The van der Waals surface area contributed by atoms with Crippen molar-refractivity contribution in [1.29, 1.82) is 0 Å². The van der Waals surface area contributed by atoms with Gasteiger partial charge in [0.15, 0.2) is 0 Å². The van der Waals surface area contributed by atoms with Gasteiger partial charge in [0, 0.05) is 12.6 Å². The molecule has 1 saturated carbocycles. The number of ether oxygens (including phenoxy) is 2. The van der Waals surface area contributed by atoms with Crippen LogP contribution in [0.5, 0.6) is 0 Å². The van der Waals surface area contributed by atoms with Crippen LogP contribution in [0.1, 0.15) is 91.9 Å². The number of hydrogen-bond donors (Lipinski definition) is 4. The summed E-state index contributed by atoms with van der Waals surface area (Å²) in [5.74, 6) is 1.42. The van der Waals surface area contributed by atoms with Crippen LogP contribution < -0.4 is 10.6 Å². The number of hydrogen-bond acceptors (Lipinski definition) is 8. The van der Waals surface area contributed by atoms with Crippen LogP contribution in [-0.2, 0) is 19.1 Å². The summed E-state index contributed by atoms with van der Waals surface area (Å²) in [5.41, 5.74) is 7.12. The van der Waals surface area contributed by atoms with Gasteiger partial charge < -0.3 is 39.9 Å². The van der Waals surface area contributed by atoms with Crippen LogP contribution in [0.15, 0.2) is 122 Å². The lowest BCUT2D eigenvalue weighted by atomic mass is 9.84. The fraction of sp³-hybridized carbons (Fsp3) is 0.320. The van der Waals surface area contributed by atoms with Crippen LogP contribution in [0.25, 0.3) is 33.6 Å². The van der Waals surface area contributed by atoms with Crippen molar-refractivity contribution >= 4 is 24.0 Å². The number of amides is 4. The normalized spacial score (nSPS) is 20.2. The van der Waals surface area contributed by atoms with Gasteiger partial charge in [0.25, 0.3) is 11.8 Å². The number of nitrogens with zero attached hydrogens (tertiary/aromatic N) is 4. The smallest absolute Gasteiger partial charge is 0.407 e. The average molecular weight is 861 g/mol. The second-order valence-corrected chi connectivity index (χ2v) is 16.8. The summed E-state index contributed by atoms with van der Waals surface area (Å²) in [6, 6.07) is 32.9. The minimum atomic E-state index is -0.886. The van der Waals surface area contributed by atoms with E-state index in [0.29, 0.717) is 29.4 Å². The number of likely N-dealkylation sites (tertiary alicyclic amines) is 2. The van der Waals surface area contributed by atoms with Crippen molar-refractivity contribution in [2.24, 2.45) is 5.92 Å². The topological polar surface area (TPSA) is 175 Å². The standard InChI is InChI=1S/C50H52N8O6/c1-63-49(61)55-43(35-12-5-3-6-13-35)47(59)57-27-11-18-41(57)45-51-29-38(53-45)33-23-19-31(20-24-33)32-21-25-34(26-22-32)39-30-52-46(54-39)42-28-37-16-9-10-17-40(37)58(42)48(60)44(56-50(62)64-2)36-14-7-4-8-15-36/h3-8,12-15,19-26,29-30,37,40-44H,9-11,16-18,27-28H2,1-2H3,(H,51,53)(H,52,54)(H,55,61)(H,56,62)/t37?,40?,41?,42-,43+,44+/m0/s1. The van der Waals surface area contributed by atoms with Crippen molar-refractivity contribution in [2.45, 2.75) is 75.2 Å². The average Bonchev–Trinajstić information content (AvgIpc) is 4.19. The van der Waals surface area contributed by atoms with Crippen LogP contribution >= 0.6 is 0 Å². The summed E-state index contributed by atoms with van der Waals surface area (Å²) < 4.78 is 9.77. The first-order valence-corrected chi connectivity index (χ1v) is 22.0. The number of imidazole rings is 2. The third-order valence-corrected chi connectivity index (χ3v) is 13.1. The molecule has 2 aliphatic heterocycles. The van der Waals surface area contributed by atoms with Crippen molar-refractivity contribution in [2.75, 3.05) is 20.8 Å². The summed E-state index contributed by atoms with van der Waals surface area (Å²) in [5, 5.41) is 5.52. The van der Waals surface area contributed by atoms with E-state index in [2.05, 4.69) is 69.1 Å². The fourth-order valence-electron chi connectivity index (χ4n) is 9.86. The Kier molecular flexibility index (Phi) is 12.3. The molecule has 0 spiro atoms. The van der Waals surface area contributed by atoms with Crippen LogP contribution in [0.2, 0.25) is 0 Å². The van der Waals surface area contributed by atoms with Gasteiger partial charge in [-0.15, -0.1) is 0 Å². The lowest BCUT2D eigenvalue weighted by Crippen LogP contribution is -2.47. The molecule has 3 fully saturated rings. The van der Waals surface area contributed by atoms with Crippen LogP contribution in [-0.4, -0.2) is 80.5 Å². The summed E-state index contributed by atoms with van der Waals surface area (Å²) in [7, 11) is 2.59. The number of rotatable bonds is 11. The second-order valence-electron chi connectivity index (χ2n) is 16.8. The maximum absolute atomic E-state index is 14.6. The number of H-pyrrole nitrogens is 2. The van der Waals surface area contributed by atoms with Crippen molar-refractivity contribution in [3.05, 3.63) is 144 Å². The van der Waals surface area contributed by atoms with Gasteiger partial charge in [-0.3, -0.25) is 9.59 Å². The number of benzene rings is 4. The highest BCUT2D eigenvalue weighted by Crippen LogP contribution is 2.47. The number of methoxy groups -OCH3 is 2. The monoisotopic (exact) mass is 860 g/mol. The van der Waals surface area contributed by atoms with Gasteiger partial charge in [0.05, 0.1) is 50.1 Å². The highest BCUT2D eigenvalue weighted by Gasteiger charge is 2.48. The third-order valence-electron chi connectivity index (χ3n) is 13.1. The first kappa shape index (κ1) is 42.1. The minimum absolute atomic E-state index is 0.0660. The van der Waals surface area contributed by atoms with E-state index >= 15 is 0 Å². The summed E-state index contributed by atoms with van der Waals surface area (Å²) in [4.78, 5) is 73.6. The lowest BCUT2D eigenvalue weighted by molar-refractivity contribution is -0.137. The molecule has 4 heterocycles. The minimum Gasteiger partial charge on any atom is -0.453 e. The molecular weight excluding hydrogens is 809 g/mol. The number of aromatic amines is 2. The van der Waals surface area contributed by atoms with Crippen LogP contribution in [0, 0.1) is 5.92 Å². The molecule has 2 aromatic heterocycles. The van der Waals surface area contributed by atoms with Crippen LogP contribution in [0.4, 0.5) is 9.59 Å². The first-order valence-electron chi connectivity index (χ1n) is 22.0. The molecule has 14 nitrogen and oxygen atoms in total. The van der Waals surface area contributed by atoms with Gasteiger partial charge in [-0.05, 0) is 71.4 Å². The molecule has 3 unspecified atom stereocenters. The Morgan fingerprint density at radius 3 is 1.61 bits per heavy atom. The zero-order chi connectivity index (χ0) is 44.2. The van der Waals surface area contributed by atoms with E-state index in [1.54, 1.807) is 11.1 Å². The Morgan fingerprint density at radius 1 is 0.594 bits per heavy atom. The van der Waals surface area contributed by atoms with Crippen molar-refractivity contribution in [3.8, 4) is 33.6 Å². The number of carbonyl (C=O) groups is 4. The van der Waals surface area contributed by atoms with E-state index in [-0.39, 0.29) is 29.9 Å².